The molecule has 0 unspecified atom stereocenters. The highest BCUT2D eigenvalue weighted by atomic mass is 35.5. The van der Waals surface area contributed by atoms with Crippen LogP contribution >= 0.6 is 11.6 Å². The Labute approximate surface area is 74.6 Å². The van der Waals surface area contributed by atoms with Gasteiger partial charge in [-0.1, -0.05) is 22.8 Å². The molecule has 0 heterocycles. The van der Waals surface area contributed by atoms with Gasteiger partial charge in [-0.15, -0.1) is 0 Å². The summed E-state index contributed by atoms with van der Waals surface area (Å²) < 4.78 is 12.9. The van der Waals surface area contributed by atoms with Crippen LogP contribution in [0.1, 0.15) is 5.56 Å². The molecule has 0 N–H and O–H groups in total. The molecule has 0 saturated carbocycles. The standard InChI is InChI=1S/C8H7ClFNO/c1-12-11-5-6-7(9)3-2-4-8(6)10/h2-5H,1H3/b11-5+. The average Bonchev–Trinajstić information content (AvgIpc) is 2.04. The van der Waals surface area contributed by atoms with Crippen LogP contribution in [0.4, 0.5) is 4.39 Å². The molecule has 0 bridgehead atoms. The SMILES string of the molecule is CO/N=C/c1c(F)cccc1Cl. The first-order chi connectivity index (χ1) is 5.75. The van der Waals surface area contributed by atoms with E-state index in [1.807, 2.05) is 0 Å². The molecule has 0 radical (unpaired) electrons. The van der Waals surface area contributed by atoms with E-state index in [0.29, 0.717) is 5.02 Å². The summed E-state index contributed by atoms with van der Waals surface area (Å²) in [6.45, 7) is 0. The zero-order valence-electron chi connectivity index (χ0n) is 6.42. The molecule has 0 saturated heterocycles. The number of halogens is 2. The number of hydrogen-bond donors (Lipinski definition) is 0. The van der Waals surface area contributed by atoms with Gasteiger partial charge < -0.3 is 4.84 Å². The van der Waals surface area contributed by atoms with Crippen molar-refractivity contribution in [3.8, 4) is 0 Å². The molecule has 0 spiro atoms. The van der Waals surface area contributed by atoms with Crippen molar-refractivity contribution in [1.29, 1.82) is 0 Å². The van der Waals surface area contributed by atoms with Gasteiger partial charge in [-0.25, -0.2) is 4.39 Å². The zero-order valence-corrected chi connectivity index (χ0v) is 7.18. The Hall–Kier alpha value is -1.09. The van der Waals surface area contributed by atoms with Gasteiger partial charge in [-0.2, -0.15) is 0 Å². The summed E-state index contributed by atoms with van der Waals surface area (Å²) in [5.41, 5.74) is 0.237. The summed E-state index contributed by atoms with van der Waals surface area (Å²) in [5, 5.41) is 3.73. The number of hydrogen-bond acceptors (Lipinski definition) is 2. The molecule has 0 atom stereocenters. The third-order valence-corrected chi connectivity index (χ3v) is 1.62. The van der Waals surface area contributed by atoms with E-state index in [-0.39, 0.29) is 5.56 Å². The van der Waals surface area contributed by atoms with Crippen molar-refractivity contribution in [2.24, 2.45) is 5.16 Å². The van der Waals surface area contributed by atoms with Crippen molar-refractivity contribution in [3.63, 3.8) is 0 Å². The number of oxime groups is 1. The van der Waals surface area contributed by atoms with E-state index >= 15 is 0 Å². The fourth-order valence-corrected chi connectivity index (χ4v) is 0.951. The average molecular weight is 188 g/mol. The van der Waals surface area contributed by atoms with Gasteiger partial charge in [-0.3, -0.25) is 0 Å². The Morgan fingerprint density at radius 1 is 1.58 bits per heavy atom. The van der Waals surface area contributed by atoms with Crippen molar-refractivity contribution in [2.45, 2.75) is 0 Å². The van der Waals surface area contributed by atoms with Gasteiger partial charge in [-0.05, 0) is 12.1 Å². The predicted molar refractivity (Wildman–Crippen MR) is 46.0 cm³/mol. The van der Waals surface area contributed by atoms with E-state index in [1.54, 1.807) is 6.07 Å². The molecule has 12 heavy (non-hydrogen) atoms. The van der Waals surface area contributed by atoms with E-state index in [9.17, 15) is 4.39 Å². The first-order valence-electron chi connectivity index (χ1n) is 3.26. The second kappa shape index (κ2) is 4.07. The third-order valence-electron chi connectivity index (χ3n) is 1.29. The lowest BCUT2D eigenvalue weighted by molar-refractivity contribution is 0.215. The monoisotopic (exact) mass is 187 g/mol. The largest absolute Gasteiger partial charge is 0.399 e. The van der Waals surface area contributed by atoms with Gasteiger partial charge in [0.1, 0.15) is 12.9 Å². The van der Waals surface area contributed by atoms with Crippen LogP contribution < -0.4 is 0 Å². The Bertz CT molecular complexity index is 281. The minimum atomic E-state index is -0.414. The van der Waals surface area contributed by atoms with Crippen LogP contribution in [0.3, 0.4) is 0 Å². The first-order valence-corrected chi connectivity index (χ1v) is 3.64. The molecular formula is C8H7ClFNO. The molecule has 2 nitrogen and oxygen atoms in total. The van der Waals surface area contributed by atoms with Crippen LogP contribution in [0, 0.1) is 5.82 Å². The normalized spacial score (nSPS) is 10.6. The number of rotatable bonds is 2. The maximum absolute atomic E-state index is 12.9. The van der Waals surface area contributed by atoms with Crippen LogP contribution in [0.15, 0.2) is 23.4 Å². The maximum atomic E-state index is 12.9. The molecular weight excluding hydrogens is 181 g/mol. The van der Waals surface area contributed by atoms with Crippen LogP contribution in [-0.4, -0.2) is 13.3 Å². The van der Waals surface area contributed by atoms with Crippen LogP contribution in [0.5, 0.6) is 0 Å². The minimum absolute atomic E-state index is 0.237. The highest BCUT2D eigenvalue weighted by molar-refractivity contribution is 6.33. The lowest BCUT2D eigenvalue weighted by Gasteiger charge is -1.97. The molecule has 64 valence electrons. The Kier molecular flexibility index (Phi) is 3.05. The zero-order chi connectivity index (χ0) is 8.97. The summed E-state index contributed by atoms with van der Waals surface area (Å²) >= 11 is 5.68. The Morgan fingerprint density at radius 2 is 2.33 bits per heavy atom. The highest BCUT2D eigenvalue weighted by Crippen LogP contribution is 2.16. The molecule has 1 aromatic carbocycles. The topological polar surface area (TPSA) is 21.6 Å². The Morgan fingerprint density at radius 3 is 2.92 bits per heavy atom. The molecule has 0 aromatic heterocycles. The van der Waals surface area contributed by atoms with Gasteiger partial charge in [0.05, 0.1) is 16.8 Å². The van der Waals surface area contributed by atoms with Gasteiger partial charge in [0.25, 0.3) is 0 Å². The van der Waals surface area contributed by atoms with Crippen molar-refractivity contribution < 1.29 is 9.23 Å². The van der Waals surface area contributed by atoms with E-state index < -0.39 is 5.82 Å². The van der Waals surface area contributed by atoms with Crippen LogP contribution in [-0.2, 0) is 4.84 Å². The summed E-state index contributed by atoms with van der Waals surface area (Å²) in [5.74, 6) is -0.414. The summed E-state index contributed by atoms with van der Waals surface area (Å²) in [7, 11) is 1.38. The van der Waals surface area contributed by atoms with Crippen LogP contribution in [0.2, 0.25) is 5.02 Å². The quantitative estimate of drug-likeness (QED) is 0.515. The van der Waals surface area contributed by atoms with Gasteiger partial charge in [0.15, 0.2) is 0 Å². The minimum Gasteiger partial charge on any atom is -0.399 e. The fraction of sp³-hybridized carbons (Fsp3) is 0.125. The molecule has 1 rings (SSSR count). The van der Waals surface area contributed by atoms with Crippen LogP contribution in [0.25, 0.3) is 0 Å². The molecule has 0 fully saturated rings. The van der Waals surface area contributed by atoms with Crippen molar-refractivity contribution >= 4 is 17.8 Å². The third kappa shape index (κ3) is 1.95. The molecule has 1 aromatic rings. The molecule has 4 heteroatoms. The fourth-order valence-electron chi connectivity index (χ4n) is 0.739. The molecule has 0 aliphatic carbocycles. The molecule has 0 aliphatic heterocycles. The molecule has 0 aliphatic rings. The lowest BCUT2D eigenvalue weighted by atomic mass is 10.2. The highest BCUT2D eigenvalue weighted by Gasteiger charge is 2.02. The van der Waals surface area contributed by atoms with Gasteiger partial charge >= 0.3 is 0 Å². The predicted octanol–water partition coefficient (Wildman–Crippen LogP) is 2.46. The smallest absolute Gasteiger partial charge is 0.133 e. The Balaban J connectivity index is 3.04. The van der Waals surface area contributed by atoms with E-state index in [4.69, 9.17) is 11.6 Å². The number of nitrogens with zero attached hydrogens (tertiary/aromatic N) is 1. The maximum Gasteiger partial charge on any atom is 0.133 e. The lowest BCUT2D eigenvalue weighted by Crippen LogP contribution is -1.89. The van der Waals surface area contributed by atoms with E-state index in [0.717, 1.165) is 0 Å². The summed E-state index contributed by atoms with van der Waals surface area (Å²) in [4.78, 5) is 4.40. The molecule has 0 amide bonds. The van der Waals surface area contributed by atoms with Crippen molar-refractivity contribution in [1.82, 2.24) is 0 Å². The van der Waals surface area contributed by atoms with E-state index in [1.165, 1.54) is 25.5 Å². The van der Waals surface area contributed by atoms with Crippen molar-refractivity contribution in [3.05, 3.63) is 34.6 Å². The first kappa shape index (κ1) is 9.00. The van der Waals surface area contributed by atoms with Crippen molar-refractivity contribution in [2.75, 3.05) is 7.11 Å². The summed E-state index contributed by atoms with van der Waals surface area (Å²) in [6.07, 6.45) is 1.23. The van der Waals surface area contributed by atoms with Gasteiger partial charge in [0.2, 0.25) is 0 Å². The van der Waals surface area contributed by atoms with Gasteiger partial charge in [0, 0.05) is 0 Å². The summed E-state index contributed by atoms with van der Waals surface area (Å²) in [6, 6.07) is 4.42. The number of benzene rings is 1. The second-order valence-electron chi connectivity index (χ2n) is 2.05. The second-order valence-corrected chi connectivity index (χ2v) is 2.46. The van der Waals surface area contributed by atoms with E-state index in [2.05, 4.69) is 9.99 Å².